The van der Waals surface area contributed by atoms with Gasteiger partial charge in [0.1, 0.15) is 0 Å². The van der Waals surface area contributed by atoms with Crippen LogP contribution in [0.2, 0.25) is 0 Å². The van der Waals surface area contributed by atoms with E-state index in [9.17, 15) is 0 Å². The summed E-state index contributed by atoms with van der Waals surface area (Å²) < 4.78 is 10.8. The molecular formula is C10H20N2O2. The second-order valence-corrected chi connectivity index (χ2v) is 4.24. The first-order valence-electron chi connectivity index (χ1n) is 5.41. The first-order chi connectivity index (χ1) is 6.81. The first kappa shape index (κ1) is 10.4. The average Bonchev–Trinajstić information content (AvgIpc) is 2.67. The number of hydrogen-bond donors (Lipinski definition) is 1. The smallest absolute Gasteiger partial charge is 0.0710 e. The van der Waals surface area contributed by atoms with Gasteiger partial charge >= 0.3 is 0 Å². The predicted molar refractivity (Wildman–Crippen MR) is 54.2 cm³/mol. The lowest BCUT2D eigenvalue weighted by molar-refractivity contribution is 0.00775. The maximum atomic E-state index is 6.08. The second-order valence-electron chi connectivity index (χ2n) is 4.24. The van der Waals surface area contributed by atoms with Crippen molar-refractivity contribution in [3.8, 4) is 0 Å². The molecule has 0 aliphatic carbocycles. The van der Waals surface area contributed by atoms with Gasteiger partial charge in [0.05, 0.1) is 12.7 Å². The van der Waals surface area contributed by atoms with Gasteiger partial charge in [-0.3, -0.25) is 4.90 Å². The Bertz CT molecular complexity index is 189. The number of hydrogen-bond acceptors (Lipinski definition) is 4. The van der Waals surface area contributed by atoms with Gasteiger partial charge in [0, 0.05) is 38.9 Å². The van der Waals surface area contributed by atoms with Gasteiger partial charge in [-0.15, -0.1) is 0 Å². The van der Waals surface area contributed by atoms with Crippen LogP contribution in [0.3, 0.4) is 0 Å². The summed E-state index contributed by atoms with van der Waals surface area (Å²) in [6, 6.07) is 0.684. The Kier molecular flexibility index (Phi) is 3.38. The average molecular weight is 200 g/mol. The minimum Gasteiger partial charge on any atom is -0.380 e. The molecule has 2 aliphatic rings. The number of nitrogens with two attached hydrogens (primary N) is 1. The van der Waals surface area contributed by atoms with E-state index in [0.29, 0.717) is 12.1 Å². The Labute approximate surface area is 85.3 Å². The second kappa shape index (κ2) is 4.57. The number of methoxy groups -OCH3 is 1. The lowest BCUT2D eigenvalue weighted by Gasteiger charge is -2.35. The normalized spacial score (nSPS) is 40.3. The van der Waals surface area contributed by atoms with Gasteiger partial charge in [-0.05, 0) is 12.8 Å². The van der Waals surface area contributed by atoms with Crippen LogP contribution in [-0.2, 0) is 9.47 Å². The standard InChI is InChI=1S/C10H20N2O2/c1-13-8-2-4-12(6-8)10-7-14-5-3-9(10)11/h8-10H,2-7,11H2,1H3. The molecule has 0 aromatic rings. The number of rotatable bonds is 2. The largest absolute Gasteiger partial charge is 0.380 e. The molecule has 2 rings (SSSR count). The topological polar surface area (TPSA) is 47.7 Å². The summed E-state index contributed by atoms with van der Waals surface area (Å²) >= 11 is 0. The van der Waals surface area contributed by atoms with Crippen molar-refractivity contribution in [2.75, 3.05) is 33.4 Å². The molecule has 4 heteroatoms. The van der Waals surface area contributed by atoms with Gasteiger partial charge in [0.25, 0.3) is 0 Å². The van der Waals surface area contributed by atoms with Crippen LogP contribution < -0.4 is 5.73 Å². The van der Waals surface area contributed by atoms with Gasteiger partial charge in [-0.1, -0.05) is 0 Å². The fourth-order valence-corrected chi connectivity index (χ4v) is 2.36. The maximum Gasteiger partial charge on any atom is 0.0710 e. The lowest BCUT2D eigenvalue weighted by atomic mass is 10.0. The molecule has 0 saturated carbocycles. The molecule has 82 valence electrons. The third kappa shape index (κ3) is 2.08. The summed E-state index contributed by atoms with van der Waals surface area (Å²) in [5.41, 5.74) is 6.08. The van der Waals surface area contributed by atoms with Crippen molar-refractivity contribution < 1.29 is 9.47 Å². The van der Waals surface area contributed by atoms with E-state index < -0.39 is 0 Å². The van der Waals surface area contributed by atoms with E-state index in [2.05, 4.69) is 4.90 Å². The summed E-state index contributed by atoms with van der Waals surface area (Å²) in [6.45, 7) is 3.72. The van der Waals surface area contributed by atoms with Crippen LogP contribution in [0, 0.1) is 0 Å². The van der Waals surface area contributed by atoms with Crippen molar-refractivity contribution in [3.05, 3.63) is 0 Å². The van der Waals surface area contributed by atoms with Gasteiger partial charge < -0.3 is 15.2 Å². The van der Waals surface area contributed by atoms with Gasteiger partial charge in [-0.25, -0.2) is 0 Å². The number of nitrogens with zero attached hydrogens (tertiary/aromatic N) is 1. The molecule has 14 heavy (non-hydrogen) atoms. The van der Waals surface area contributed by atoms with E-state index in [1.807, 2.05) is 0 Å². The molecule has 2 aliphatic heterocycles. The molecule has 4 nitrogen and oxygen atoms in total. The third-order valence-electron chi connectivity index (χ3n) is 3.36. The van der Waals surface area contributed by atoms with Gasteiger partial charge in [-0.2, -0.15) is 0 Å². The quantitative estimate of drug-likeness (QED) is 0.672. The van der Waals surface area contributed by atoms with E-state index in [-0.39, 0.29) is 6.04 Å². The van der Waals surface area contributed by atoms with Crippen LogP contribution in [-0.4, -0.2) is 56.5 Å². The highest BCUT2D eigenvalue weighted by Gasteiger charge is 2.33. The number of ether oxygens (including phenoxy) is 2. The van der Waals surface area contributed by atoms with Crippen molar-refractivity contribution in [1.82, 2.24) is 4.90 Å². The van der Waals surface area contributed by atoms with Crippen molar-refractivity contribution in [1.29, 1.82) is 0 Å². The molecule has 0 aromatic heterocycles. The van der Waals surface area contributed by atoms with Gasteiger partial charge in [0.15, 0.2) is 0 Å². The zero-order valence-electron chi connectivity index (χ0n) is 8.82. The van der Waals surface area contributed by atoms with Crippen LogP contribution in [0.1, 0.15) is 12.8 Å². The highest BCUT2D eigenvalue weighted by Crippen LogP contribution is 2.19. The maximum absolute atomic E-state index is 6.08. The molecule has 2 N–H and O–H groups in total. The fraction of sp³-hybridized carbons (Fsp3) is 1.00. The fourth-order valence-electron chi connectivity index (χ4n) is 2.36. The van der Waals surface area contributed by atoms with E-state index in [4.69, 9.17) is 15.2 Å². The predicted octanol–water partition coefficient (Wildman–Crippen LogP) is -0.177. The van der Waals surface area contributed by atoms with E-state index >= 15 is 0 Å². The highest BCUT2D eigenvalue weighted by molar-refractivity contribution is 4.89. The molecule has 3 atom stereocenters. The molecule has 2 fully saturated rings. The van der Waals surface area contributed by atoms with E-state index in [1.54, 1.807) is 7.11 Å². The number of likely N-dealkylation sites (tertiary alicyclic amines) is 1. The van der Waals surface area contributed by atoms with Crippen molar-refractivity contribution in [2.45, 2.75) is 31.0 Å². The molecule has 0 spiro atoms. The van der Waals surface area contributed by atoms with E-state index in [1.165, 1.54) is 0 Å². The Morgan fingerprint density at radius 2 is 2.29 bits per heavy atom. The molecule has 0 radical (unpaired) electrons. The summed E-state index contributed by atoms with van der Waals surface area (Å²) in [6.07, 6.45) is 2.50. The van der Waals surface area contributed by atoms with Crippen LogP contribution in [0.25, 0.3) is 0 Å². The molecular weight excluding hydrogens is 180 g/mol. The van der Waals surface area contributed by atoms with Crippen molar-refractivity contribution in [2.24, 2.45) is 5.73 Å². The van der Waals surface area contributed by atoms with Crippen molar-refractivity contribution in [3.63, 3.8) is 0 Å². The molecule has 0 aromatic carbocycles. The SMILES string of the molecule is COC1CCN(C2COCCC2N)C1. The lowest BCUT2D eigenvalue weighted by Crippen LogP contribution is -2.52. The van der Waals surface area contributed by atoms with Crippen LogP contribution in [0.15, 0.2) is 0 Å². The molecule has 2 heterocycles. The van der Waals surface area contributed by atoms with Crippen LogP contribution in [0.4, 0.5) is 0 Å². The molecule has 3 unspecified atom stereocenters. The monoisotopic (exact) mass is 200 g/mol. The van der Waals surface area contributed by atoms with E-state index in [0.717, 1.165) is 39.1 Å². The Balaban J connectivity index is 1.88. The summed E-state index contributed by atoms with van der Waals surface area (Å²) in [4.78, 5) is 2.41. The Morgan fingerprint density at radius 3 is 2.93 bits per heavy atom. The Morgan fingerprint density at radius 1 is 1.43 bits per heavy atom. The summed E-state index contributed by atoms with van der Waals surface area (Å²) in [5.74, 6) is 0. The minimum absolute atomic E-state index is 0.277. The van der Waals surface area contributed by atoms with Crippen LogP contribution in [0.5, 0.6) is 0 Å². The third-order valence-corrected chi connectivity index (χ3v) is 3.36. The first-order valence-corrected chi connectivity index (χ1v) is 5.41. The summed E-state index contributed by atoms with van der Waals surface area (Å²) in [5, 5.41) is 0. The summed E-state index contributed by atoms with van der Waals surface area (Å²) in [7, 11) is 1.78. The molecule has 0 bridgehead atoms. The Hall–Kier alpha value is -0.160. The molecule has 2 saturated heterocycles. The van der Waals surface area contributed by atoms with Crippen LogP contribution >= 0.6 is 0 Å². The van der Waals surface area contributed by atoms with Gasteiger partial charge in [0.2, 0.25) is 0 Å². The zero-order chi connectivity index (χ0) is 9.97. The zero-order valence-corrected chi connectivity index (χ0v) is 8.82. The van der Waals surface area contributed by atoms with Crippen molar-refractivity contribution >= 4 is 0 Å². The molecule has 0 amide bonds. The highest BCUT2D eigenvalue weighted by atomic mass is 16.5. The minimum atomic E-state index is 0.277.